The second-order valence-electron chi connectivity index (χ2n) is 18.2. The van der Waals surface area contributed by atoms with Gasteiger partial charge in [0.1, 0.15) is 0 Å². The topological polar surface area (TPSA) is 19.7 Å². The van der Waals surface area contributed by atoms with Gasteiger partial charge in [-0.05, 0) is 131 Å². The van der Waals surface area contributed by atoms with Gasteiger partial charge in [0.05, 0.1) is 27.8 Å². The minimum atomic E-state index is 1.08. The molecule has 0 N–H and O–H groups in total. The number of benzene rings is 11. The highest BCUT2D eigenvalue weighted by atomic mass is 32.1. The van der Waals surface area contributed by atoms with Gasteiger partial charge in [0, 0.05) is 86.2 Å². The highest BCUT2D eigenvalue weighted by Gasteiger charge is 2.18. The molecule has 0 radical (unpaired) electrons. The van der Waals surface area contributed by atoms with Gasteiger partial charge in [0.25, 0.3) is 0 Å². The van der Waals surface area contributed by atoms with Gasteiger partial charge in [-0.25, -0.2) is 0 Å². The number of nitrogens with zero attached hydrogens (tertiary/aromatic N) is 4. The highest BCUT2D eigenvalue weighted by Crippen LogP contribution is 2.40. The molecule has 0 fully saturated rings. The summed E-state index contributed by atoms with van der Waals surface area (Å²) in [5.41, 5.74) is 13.6. The number of thiophene rings is 1. The van der Waals surface area contributed by atoms with E-state index in [9.17, 15) is 0 Å². The maximum atomic E-state index is 2.46. The molecular weight excluding hydrogens is 857 g/mol. The van der Waals surface area contributed by atoms with Crippen molar-refractivity contribution in [1.82, 2.24) is 18.3 Å². The van der Waals surface area contributed by atoms with Gasteiger partial charge in [-0.15, -0.1) is 11.3 Å². The van der Waals surface area contributed by atoms with Gasteiger partial charge in [-0.1, -0.05) is 127 Å². The van der Waals surface area contributed by atoms with Crippen LogP contribution in [0, 0.1) is 0 Å². The molecule has 0 aliphatic rings. The zero-order valence-electron chi connectivity index (χ0n) is 37.3. The van der Waals surface area contributed by atoms with Gasteiger partial charge >= 0.3 is 0 Å². The van der Waals surface area contributed by atoms with Crippen LogP contribution in [0.2, 0.25) is 0 Å². The third-order valence-corrected chi connectivity index (χ3v) is 15.5. The zero-order chi connectivity index (χ0) is 45.2. The number of aromatic nitrogens is 4. The van der Waals surface area contributed by atoms with Crippen molar-refractivity contribution in [2.75, 3.05) is 0 Å². The van der Waals surface area contributed by atoms with E-state index in [1.54, 1.807) is 0 Å². The van der Waals surface area contributed by atoms with Gasteiger partial charge in [0.2, 0.25) is 0 Å². The molecule has 0 atom stereocenters. The molecule has 8 bridgehead atoms. The third kappa shape index (κ3) is 5.81. The van der Waals surface area contributed by atoms with Gasteiger partial charge < -0.3 is 18.3 Å². The van der Waals surface area contributed by atoms with Crippen LogP contribution >= 0.6 is 11.3 Å². The van der Waals surface area contributed by atoms with Crippen LogP contribution in [0.25, 0.3) is 130 Å². The fourth-order valence-electron chi connectivity index (χ4n) is 11.3. The van der Waals surface area contributed by atoms with Gasteiger partial charge in [-0.3, -0.25) is 0 Å². The molecule has 69 heavy (non-hydrogen) atoms. The summed E-state index contributed by atoms with van der Waals surface area (Å²) in [4.78, 5) is 0. The Bertz CT molecular complexity index is 4670. The summed E-state index contributed by atoms with van der Waals surface area (Å²) < 4.78 is 12.4. The Morgan fingerprint density at radius 3 is 1.49 bits per heavy atom. The minimum Gasteiger partial charge on any atom is -0.310 e. The predicted octanol–water partition coefficient (Wildman–Crippen LogP) is 17.6. The number of para-hydroxylation sites is 2. The molecule has 4 nitrogen and oxygen atoms in total. The van der Waals surface area contributed by atoms with Crippen molar-refractivity contribution >= 4 is 119 Å². The SMILES string of the molecule is c1ccc(-n2c3ccc4cc3c3cc(ccc32)n(-c2ccc3c5ccccc5n(-c5cccc6ccccc56)c3c2)c2cccc(c2)c2cccc(c2)n4-c2ccc3c(c2)sc2ccccc23)cc1. The summed E-state index contributed by atoms with van der Waals surface area (Å²) in [5, 5.41) is 12.2. The van der Waals surface area contributed by atoms with E-state index in [0.29, 0.717) is 0 Å². The molecule has 11 aromatic carbocycles. The van der Waals surface area contributed by atoms with E-state index in [1.165, 1.54) is 63.7 Å². The van der Waals surface area contributed by atoms with Crippen LogP contribution in [0.4, 0.5) is 0 Å². The molecule has 15 rings (SSSR count). The molecule has 0 aliphatic heterocycles. The van der Waals surface area contributed by atoms with Gasteiger partial charge in [0.15, 0.2) is 0 Å². The fourth-order valence-corrected chi connectivity index (χ4v) is 12.4. The van der Waals surface area contributed by atoms with Crippen LogP contribution in [0.3, 0.4) is 0 Å². The molecule has 5 heteroatoms. The van der Waals surface area contributed by atoms with E-state index in [4.69, 9.17) is 0 Å². The summed E-state index contributed by atoms with van der Waals surface area (Å²) in [5.74, 6) is 0. The monoisotopic (exact) mass is 896 g/mol. The molecule has 0 spiro atoms. The summed E-state index contributed by atoms with van der Waals surface area (Å²) in [6.45, 7) is 0. The average Bonchev–Trinajstić information content (AvgIpc) is 4.06. The van der Waals surface area contributed by atoms with Crippen LogP contribution < -0.4 is 0 Å². The van der Waals surface area contributed by atoms with E-state index < -0.39 is 0 Å². The number of hydrogen-bond donors (Lipinski definition) is 0. The van der Waals surface area contributed by atoms with E-state index >= 15 is 0 Å². The first kappa shape index (κ1) is 38.2. The predicted molar refractivity (Wildman–Crippen MR) is 294 cm³/mol. The molecule has 15 aromatic rings. The lowest BCUT2D eigenvalue weighted by molar-refractivity contribution is 1.15. The van der Waals surface area contributed by atoms with Crippen molar-refractivity contribution in [3.63, 3.8) is 0 Å². The van der Waals surface area contributed by atoms with Crippen LogP contribution in [0.5, 0.6) is 0 Å². The summed E-state index contributed by atoms with van der Waals surface area (Å²) >= 11 is 1.86. The molecule has 0 saturated carbocycles. The standard InChI is InChI=1S/C64H40N4S/c1-2-17-44(18-3-1)67-60-33-29-47-37-56(60)57-38-48(30-34-61(57)67)66(50-28-32-55-54-23-7-9-26-63(54)69-64(55)40-50)46-20-11-16-43(36-46)42-15-10-19-45(35-42)65(47)49-27-31-53-52-22-6-8-24-59(52)68(62(53)39-49)58-25-12-14-41-13-4-5-21-51(41)58/h1-40H. The smallest absolute Gasteiger partial charge is 0.0562 e. The largest absolute Gasteiger partial charge is 0.310 e. The lowest BCUT2D eigenvalue weighted by Gasteiger charge is -2.15. The van der Waals surface area contributed by atoms with E-state index in [-0.39, 0.29) is 0 Å². The first-order valence-corrected chi connectivity index (χ1v) is 24.4. The normalized spacial score (nSPS) is 12.1. The van der Waals surface area contributed by atoms with Crippen molar-refractivity contribution in [3.05, 3.63) is 243 Å². The molecule has 4 aromatic heterocycles. The molecule has 0 amide bonds. The quantitative estimate of drug-likeness (QED) is 0.168. The summed E-state index contributed by atoms with van der Waals surface area (Å²) in [7, 11) is 0. The molecule has 0 aliphatic carbocycles. The zero-order valence-corrected chi connectivity index (χ0v) is 38.1. The van der Waals surface area contributed by atoms with Crippen LogP contribution in [-0.2, 0) is 0 Å². The second-order valence-corrected chi connectivity index (χ2v) is 19.3. The number of rotatable bonds is 4. The van der Waals surface area contributed by atoms with Crippen LogP contribution in [0.15, 0.2) is 243 Å². The fraction of sp³-hybridized carbons (Fsp3) is 0. The third-order valence-electron chi connectivity index (χ3n) is 14.3. The highest BCUT2D eigenvalue weighted by molar-refractivity contribution is 7.25. The van der Waals surface area contributed by atoms with E-state index in [2.05, 4.69) is 261 Å². The van der Waals surface area contributed by atoms with Crippen molar-refractivity contribution in [2.24, 2.45) is 0 Å². The van der Waals surface area contributed by atoms with E-state index in [1.807, 2.05) is 11.3 Å². The minimum absolute atomic E-state index is 1.08. The number of hydrogen-bond acceptors (Lipinski definition) is 1. The first-order chi connectivity index (χ1) is 34.2. The maximum absolute atomic E-state index is 2.46. The van der Waals surface area contributed by atoms with Crippen molar-refractivity contribution < 1.29 is 0 Å². The Balaban J connectivity index is 1.07. The molecule has 4 heterocycles. The Morgan fingerprint density at radius 2 is 0.754 bits per heavy atom. The van der Waals surface area contributed by atoms with Crippen molar-refractivity contribution in [1.29, 1.82) is 0 Å². The molecule has 0 unspecified atom stereocenters. The lowest BCUT2D eigenvalue weighted by Crippen LogP contribution is -1.99. The lowest BCUT2D eigenvalue weighted by atomic mass is 10.1. The summed E-state index contributed by atoms with van der Waals surface area (Å²) in [6.07, 6.45) is 0. The van der Waals surface area contributed by atoms with Crippen molar-refractivity contribution in [3.8, 4) is 22.7 Å². The van der Waals surface area contributed by atoms with Gasteiger partial charge in [-0.2, -0.15) is 0 Å². The Labute approximate surface area is 400 Å². The molecular formula is C64H40N4S. The molecule has 0 saturated heterocycles. The Morgan fingerprint density at radius 1 is 0.232 bits per heavy atom. The second kappa shape index (κ2) is 14.8. The van der Waals surface area contributed by atoms with E-state index in [0.717, 1.165) is 66.5 Å². The van der Waals surface area contributed by atoms with Crippen molar-refractivity contribution in [2.45, 2.75) is 0 Å². The van der Waals surface area contributed by atoms with Crippen LogP contribution in [0.1, 0.15) is 0 Å². The Kier molecular flexibility index (Phi) is 8.20. The average molecular weight is 897 g/mol. The van der Waals surface area contributed by atoms with Crippen LogP contribution in [-0.4, -0.2) is 18.3 Å². The summed E-state index contributed by atoms with van der Waals surface area (Å²) in [6, 6.07) is 89.9. The molecule has 322 valence electrons. The first-order valence-electron chi connectivity index (χ1n) is 23.6. The Hall–Kier alpha value is -8.90. The maximum Gasteiger partial charge on any atom is 0.0562 e. The number of fused-ring (bicyclic) bond motifs is 14.